The molecule has 1 aromatic heterocycles. The molecule has 146 valence electrons. The fourth-order valence-corrected chi connectivity index (χ4v) is 3.70. The molecule has 0 aliphatic carbocycles. The number of thioether (sulfide) groups is 1. The third-order valence-electron chi connectivity index (χ3n) is 4.09. The van der Waals surface area contributed by atoms with E-state index in [1.165, 1.54) is 11.8 Å². The maximum atomic E-state index is 12.4. The molecule has 1 N–H and O–H groups in total. The molecule has 0 bridgehead atoms. The van der Waals surface area contributed by atoms with E-state index in [0.717, 1.165) is 16.8 Å². The van der Waals surface area contributed by atoms with Crippen LogP contribution in [0, 0.1) is 6.92 Å². The lowest BCUT2D eigenvalue weighted by atomic mass is 10.1. The lowest BCUT2D eigenvalue weighted by Crippen LogP contribution is -2.28. The molecule has 3 rings (SSSR count). The molecule has 7 nitrogen and oxygen atoms in total. The maximum Gasteiger partial charge on any atom is 0.230 e. The number of ether oxygens (including phenoxy) is 1. The van der Waals surface area contributed by atoms with Gasteiger partial charge in [-0.2, -0.15) is 4.68 Å². The van der Waals surface area contributed by atoms with Crippen molar-refractivity contribution in [2.45, 2.75) is 25.0 Å². The van der Waals surface area contributed by atoms with E-state index in [2.05, 4.69) is 20.8 Å². The molecule has 0 saturated carbocycles. The van der Waals surface area contributed by atoms with Crippen LogP contribution in [0.1, 0.15) is 24.1 Å². The average molecular weight is 418 g/mol. The molecule has 0 saturated heterocycles. The summed E-state index contributed by atoms with van der Waals surface area (Å²) < 4.78 is 6.97. The molecule has 0 aliphatic heterocycles. The highest BCUT2D eigenvalue weighted by Gasteiger charge is 2.17. The summed E-state index contributed by atoms with van der Waals surface area (Å²) in [6.07, 6.45) is 0. The first-order valence-corrected chi connectivity index (χ1v) is 9.96. The van der Waals surface area contributed by atoms with Crippen LogP contribution in [0.15, 0.2) is 47.6 Å². The van der Waals surface area contributed by atoms with Gasteiger partial charge in [0.05, 0.1) is 18.9 Å². The van der Waals surface area contributed by atoms with Crippen molar-refractivity contribution in [1.82, 2.24) is 25.5 Å². The zero-order valence-electron chi connectivity index (χ0n) is 15.7. The SMILES string of the molecule is COc1ccc(C)cc1-n1nnnc1SCC(=O)N[C@@H](C)c1ccccc1Cl. The summed E-state index contributed by atoms with van der Waals surface area (Å²) in [5, 5.41) is 15.9. The number of aromatic nitrogens is 4. The van der Waals surface area contributed by atoms with E-state index in [4.69, 9.17) is 16.3 Å². The number of benzene rings is 2. The van der Waals surface area contributed by atoms with Crippen LogP contribution in [0.4, 0.5) is 0 Å². The van der Waals surface area contributed by atoms with Gasteiger partial charge in [0.15, 0.2) is 0 Å². The second-order valence-electron chi connectivity index (χ2n) is 6.15. The normalized spacial score (nSPS) is 11.9. The van der Waals surface area contributed by atoms with E-state index < -0.39 is 0 Å². The van der Waals surface area contributed by atoms with Crippen LogP contribution in [0.5, 0.6) is 5.75 Å². The Morgan fingerprint density at radius 1 is 1.32 bits per heavy atom. The molecule has 0 radical (unpaired) electrons. The zero-order valence-corrected chi connectivity index (χ0v) is 17.3. The Morgan fingerprint density at radius 2 is 2.11 bits per heavy atom. The number of aryl methyl sites for hydroxylation is 1. The predicted molar refractivity (Wildman–Crippen MR) is 109 cm³/mol. The van der Waals surface area contributed by atoms with Gasteiger partial charge in [-0.25, -0.2) is 0 Å². The summed E-state index contributed by atoms with van der Waals surface area (Å²) >= 11 is 7.44. The lowest BCUT2D eigenvalue weighted by molar-refractivity contribution is -0.119. The van der Waals surface area contributed by atoms with E-state index >= 15 is 0 Å². The van der Waals surface area contributed by atoms with Crippen molar-refractivity contribution >= 4 is 29.3 Å². The second kappa shape index (κ2) is 9.07. The molecule has 3 aromatic rings. The molecule has 0 unspecified atom stereocenters. The topological polar surface area (TPSA) is 81.9 Å². The van der Waals surface area contributed by atoms with Gasteiger partial charge in [-0.3, -0.25) is 4.79 Å². The molecule has 1 amide bonds. The van der Waals surface area contributed by atoms with Crippen molar-refractivity contribution in [2.24, 2.45) is 0 Å². The highest BCUT2D eigenvalue weighted by molar-refractivity contribution is 7.99. The van der Waals surface area contributed by atoms with Crippen LogP contribution in [-0.4, -0.2) is 39.0 Å². The highest BCUT2D eigenvalue weighted by Crippen LogP contribution is 2.27. The van der Waals surface area contributed by atoms with Gasteiger partial charge in [-0.05, 0) is 53.6 Å². The summed E-state index contributed by atoms with van der Waals surface area (Å²) in [6, 6.07) is 13.0. The lowest BCUT2D eigenvalue weighted by Gasteiger charge is -2.15. The summed E-state index contributed by atoms with van der Waals surface area (Å²) in [6.45, 7) is 3.87. The number of rotatable bonds is 7. The molecule has 0 spiro atoms. The maximum absolute atomic E-state index is 12.4. The average Bonchev–Trinajstić information content (AvgIpc) is 3.15. The molecular weight excluding hydrogens is 398 g/mol. The monoisotopic (exact) mass is 417 g/mol. The number of hydrogen-bond acceptors (Lipinski definition) is 6. The van der Waals surface area contributed by atoms with Crippen molar-refractivity contribution in [2.75, 3.05) is 12.9 Å². The van der Waals surface area contributed by atoms with Gasteiger partial charge in [0.2, 0.25) is 11.1 Å². The number of tetrazole rings is 1. The Balaban J connectivity index is 1.68. The van der Waals surface area contributed by atoms with Gasteiger partial charge in [-0.1, -0.05) is 47.6 Å². The molecule has 1 heterocycles. The number of amides is 1. The zero-order chi connectivity index (χ0) is 20.1. The van der Waals surface area contributed by atoms with Crippen LogP contribution >= 0.6 is 23.4 Å². The van der Waals surface area contributed by atoms with Crippen molar-refractivity contribution in [3.05, 3.63) is 58.6 Å². The van der Waals surface area contributed by atoms with E-state index in [-0.39, 0.29) is 17.7 Å². The number of methoxy groups -OCH3 is 1. The van der Waals surface area contributed by atoms with E-state index in [9.17, 15) is 4.79 Å². The number of carbonyl (C=O) groups excluding carboxylic acids is 1. The minimum atomic E-state index is -0.199. The number of carbonyl (C=O) groups is 1. The molecule has 1 atom stereocenters. The Morgan fingerprint density at radius 3 is 2.86 bits per heavy atom. The Kier molecular flexibility index (Phi) is 6.53. The molecular formula is C19H20ClN5O2S. The van der Waals surface area contributed by atoms with Crippen LogP contribution in [0.3, 0.4) is 0 Å². The van der Waals surface area contributed by atoms with Gasteiger partial charge in [-0.15, -0.1) is 5.10 Å². The first kappa shape index (κ1) is 20.2. The van der Waals surface area contributed by atoms with E-state index in [1.807, 2.05) is 50.2 Å². The summed E-state index contributed by atoms with van der Waals surface area (Å²) in [4.78, 5) is 12.4. The van der Waals surface area contributed by atoms with Gasteiger partial charge in [0.1, 0.15) is 11.4 Å². The largest absolute Gasteiger partial charge is 0.494 e. The van der Waals surface area contributed by atoms with Crippen molar-refractivity contribution in [3.8, 4) is 11.4 Å². The standard InChI is InChI=1S/C19H20ClN5O2S/c1-12-8-9-17(27-3)16(10-12)25-19(22-23-24-25)28-11-18(26)21-13(2)14-6-4-5-7-15(14)20/h4-10,13H,11H2,1-3H3,(H,21,26)/t13-/m0/s1. The third kappa shape index (κ3) is 4.63. The van der Waals surface area contributed by atoms with E-state index in [0.29, 0.717) is 15.9 Å². The van der Waals surface area contributed by atoms with Crippen molar-refractivity contribution in [3.63, 3.8) is 0 Å². The number of hydrogen-bond donors (Lipinski definition) is 1. The summed E-state index contributed by atoms with van der Waals surface area (Å²) in [5.41, 5.74) is 2.64. The van der Waals surface area contributed by atoms with Crippen LogP contribution in [-0.2, 0) is 4.79 Å². The number of halogens is 1. The first-order chi connectivity index (χ1) is 13.5. The quantitative estimate of drug-likeness (QED) is 0.591. The Labute approximate surface area is 172 Å². The Bertz CT molecular complexity index is 978. The van der Waals surface area contributed by atoms with Gasteiger partial charge < -0.3 is 10.1 Å². The van der Waals surface area contributed by atoms with Gasteiger partial charge >= 0.3 is 0 Å². The third-order valence-corrected chi connectivity index (χ3v) is 5.35. The fraction of sp³-hybridized carbons (Fsp3) is 0.263. The number of nitrogens with one attached hydrogen (secondary N) is 1. The van der Waals surface area contributed by atoms with Crippen molar-refractivity contribution < 1.29 is 9.53 Å². The van der Waals surface area contributed by atoms with Gasteiger partial charge in [0.25, 0.3) is 0 Å². The molecule has 28 heavy (non-hydrogen) atoms. The van der Waals surface area contributed by atoms with Crippen LogP contribution < -0.4 is 10.1 Å². The van der Waals surface area contributed by atoms with E-state index in [1.54, 1.807) is 17.9 Å². The fourth-order valence-electron chi connectivity index (χ4n) is 2.70. The minimum Gasteiger partial charge on any atom is -0.494 e. The summed E-state index contributed by atoms with van der Waals surface area (Å²) in [7, 11) is 1.59. The van der Waals surface area contributed by atoms with Crippen LogP contribution in [0.25, 0.3) is 5.69 Å². The van der Waals surface area contributed by atoms with Gasteiger partial charge in [0, 0.05) is 5.02 Å². The highest BCUT2D eigenvalue weighted by atomic mass is 35.5. The van der Waals surface area contributed by atoms with Crippen LogP contribution in [0.2, 0.25) is 5.02 Å². The molecule has 2 aromatic carbocycles. The molecule has 0 fully saturated rings. The Hall–Kier alpha value is -2.58. The first-order valence-electron chi connectivity index (χ1n) is 8.59. The summed E-state index contributed by atoms with van der Waals surface area (Å²) in [5.74, 6) is 0.684. The van der Waals surface area contributed by atoms with Crippen molar-refractivity contribution in [1.29, 1.82) is 0 Å². The molecule has 9 heteroatoms. The smallest absolute Gasteiger partial charge is 0.230 e. The number of nitrogens with zero attached hydrogens (tertiary/aromatic N) is 4. The molecule has 0 aliphatic rings. The second-order valence-corrected chi connectivity index (χ2v) is 7.50. The predicted octanol–water partition coefficient (Wildman–Crippen LogP) is 3.60. The minimum absolute atomic E-state index is 0.136.